The van der Waals surface area contributed by atoms with Crippen molar-refractivity contribution in [3.8, 4) is 0 Å². The van der Waals surface area contributed by atoms with Crippen molar-refractivity contribution in [2.45, 2.75) is 6.42 Å². The summed E-state index contributed by atoms with van der Waals surface area (Å²) in [4.78, 5) is 4.20. The highest BCUT2D eigenvalue weighted by atomic mass is 16.5. The number of hydrogen-bond donors (Lipinski definition) is 0. The van der Waals surface area contributed by atoms with Gasteiger partial charge in [-0.3, -0.25) is 4.99 Å². The van der Waals surface area contributed by atoms with E-state index in [0.29, 0.717) is 6.61 Å². The van der Waals surface area contributed by atoms with Crippen molar-refractivity contribution in [1.82, 2.24) is 0 Å². The second-order valence-electron chi connectivity index (χ2n) is 2.41. The zero-order valence-electron chi connectivity index (χ0n) is 6.16. The molecule has 0 aromatic carbocycles. The minimum Gasteiger partial charge on any atom is -0.486 e. The predicted octanol–water partition coefficient (Wildman–Crippen LogP) is 1.82. The molecule has 1 heterocycles. The Hall–Kier alpha value is -1.31. The molecule has 2 nitrogen and oxygen atoms in total. The molecule has 0 unspecified atom stereocenters. The van der Waals surface area contributed by atoms with E-state index in [4.69, 9.17) is 4.74 Å². The minimum absolute atomic E-state index is 0.594. The van der Waals surface area contributed by atoms with Crippen molar-refractivity contribution in [3.05, 3.63) is 35.8 Å². The topological polar surface area (TPSA) is 21.6 Å². The molecule has 0 saturated carbocycles. The standard InChI is InChI=1S/C9H9NO/c1-2-4-8-9(5-3-1)11-7-6-10-8/h2-6H,1,7H2. The van der Waals surface area contributed by atoms with Crippen LogP contribution in [0.4, 0.5) is 0 Å². The highest BCUT2D eigenvalue weighted by Crippen LogP contribution is 2.17. The largest absolute Gasteiger partial charge is 0.486 e. The molecule has 1 aliphatic carbocycles. The summed E-state index contributed by atoms with van der Waals surface area (Å²) in [7, 11) is 0. The van der Waals surface area contributed by atoms with Crippen LogP contribution in [0.25, 0.3) is 0 Å². The molecule has 0 saturated heterocycles. The van der Waals surface area contributed by atoms with Crippen LogP contribution < -0.4 is 0 Å². The molecule has 0 spiro atoms. The Balaban J connectivity index is 2.39. The molecule has 0 amide bonds. The van der Waals surface area contributed by atoms with E-state index in [-0.39, 0.29) is 0 Å². The molecule has 0 aromatic heterocycles. The van der Waals surface area contributed by atoms with Gasteiger partial charge in [-0.05, 0) is 18.6 Å². The maximum Gasteiger partial charge on any atom is 0.145 e. The Bertz CT molecular complexity index is 271. The molecule has 2 aliphatic rings. The van der Waals surface area contributed by atoms with Gasteiger partial charge in [0.2, 0.25) is 0 Å². The van der Waals surface area contributed by atoms with Crippen molar-refractivity contribution < 1.29 is 4.74 Å². The lowest BCUT2D eigenvalue weighted by Crippen LogP contribution is -2.01. The van der Waals surface area contributed by atoms with Crippen LogP contribution in [0, 0.1) is 0 Å². The first-order chi connectivity index (χ1) is 5.47. The number of nitrogens with zero attached hydrogens (tertiary/aromatic N) is 1. The molecule has 0 bridgehead atoms. The van der Waals surface area contributed by atoms with Crippen LogP contribution in [-0.4, -0.2) is 12.8 Å². The normalized spacial score (nSPS) is 21.1. The van der Waals surface area contributed by atoms with Crippen molar-refractivity contribution in [2.75, 3.05) is 6.61 Å². The average Bonchev–Trinajstić information content (AvgIpc) is 2.28. The maximum absolute atomic E-state index is 5.35. The van der Waals surface area contributed by atoms with Gasteiger partial charge in [-0.25, -0.2) is 0 Å². The third-order valence-corrected chi connectivity index (χ3v) is 1.61. The number of ether oxygens (including phenoxy) is 1. The van der Waals surface area contributed by atoms with Gasteiger partial charge < -0.3 is 4.74 Å². The van der Waals surface area contributed by atoms with Gasteiger partial charge in [-0.15, -0.1) is 0 Å². The van der Waals surface area contributed by atoms with Crippen LogP contribution in [0.3, 0.4) is 0 Å². The average molecular weight is 147 g/mol. The third kappa shape index (κ3) is 1.24. The predicted molar refractivity (Wildman–Crippen MR) is 44.4 cm³/mol. The monoisotopic (exact) mass is 147 g/mol. The number of allylic oxidation sites excluding steroid dienone is 4. The summed E-state index contributed by atoms with van der Waals surface area (Å²) >= 11 is 0. The Labute approximate surface area is 65.6 Å². The Morgan fingerprint density at radius 3 is 3.18 bits per heavy atom. The summed E-state index contributed by atoms with van der Waals surface area (Å²) in [5, 5.41) is 0. The SMILES string of the molecule is C1=CC2=C(C=CC1)OCC=N2. The molecule has 1 aliphatic heterocycles. The number of aliphatic imine (C=N–C) groups is 1. The van der Waals surface area contributed by atoms with Gasteiger partial charge in [0.25, 0.3) is 0 Å². The van der Waals surface area contributed by atoms with Crippen LogP contribution >= 0.6 is 0 Å². The lowest BCUT2D eigenvalue weighted by Gasteiger charge is -2.09. The van der Waals surface area contributed by atoms with Crippen LogP contribution in [0.1, 0.15) is 6.42 Å². The highest BCUT2D eigenvalue weighted by molar-refractivity contribution is 5.63. The van der Waals surface area contributed by atoms with Crippen molar-refractivity contribution in [1.29, 1.82) is 0 Å². The quantitative estimate of drug-likeness (QED) is 0.512. The molecule has 11 heavy (non-hydrogen) atoms. The van der Waals surface area contributed by atoms with E-state index < -0.39 is 0 Å². The molecule has 0 radical (unpaired) electrons. The lowest BCUT2D eigenvalue weighted by atomic mass is 10.3. The Kier molecular flexibility index (Phi) is 1.60. The van der Waals surface area contributed by atoms with E-state index >= 15 is 0 Å². The van der Waals surface area contributed by atoms with E-state index in [9.17, 15) is 0 Å². The van der Waals surface area contributed by atoms with Gasteiger partial charge in [0.15, 0.2) is 0 Å². The molecule has 56 valence electrons. The van der Waals surface area contributed by atoms with Crippen molar-refractivity contribution in [3.63, 3.8) is 0 Å². The molecule has 2 heteroatoms. The first kappa shape index (κ1) is 6.40. The van der Waals surface area contributed by atoms with Gasteiger partial charge in [0, 0.05) is 6.21 Å². The first-order valence-electron chi connectivity index (χ1n) is 3.69. The van der Waals surface area contributed by atoms with E-state index in [0.717, 1.165) is 17.9 Å². The summed E-state index contributed by atoms with van der Waals surface area (Å²) in [5.74, 6) is 0.890. The highest BCUT2D eigenvalue weighted by Gasteiger charge is 2.05. The first-order valence-corrected chi connectivity index (χ1v) is 3.69. The van der Waals surface area contributed by atoms with Gasteiger partial charge >= 0.3 is 0 Å². The van der Waals surface area contributed by atoms with Crippen LogP contribution in [0.5, 0.6) is 0 Å². The Morgan fingerprint density at radius 1 is 1.27 bits per heavy atom. The molecule has 0 aromatic rings. The summed E-state index contributed by atoms with van der Waals surface area (Å²) in [6.45, 7) is 0.594. The summed E-state index contributed by atoms with van der Waals surface area (Å²) < 4.78 is 5.35. The van der Waals surface area contributed by atoms with Crippen LogP contribution in [-0.2, 0) is 4.74 Å². The second-order valence-corrected chi connectivity index (χ2v) is 2.41. The van der Waals surface area contributed by atoms with Gasteiger partial charge in [0.1, 0.15) is 18.1 Å². The third-order valence-electron chi connectivity index (χ3n) is 1.61. The van der Waals surface area contributed by atoms with E-state index in [2.05, 4.69) is 17.1 Å². The van der Waals surface area contributed by atoms with Crippen LogP contribution in [0.2, 0.25) is 0 Å². The minimum atomic E-state index is 0.594. The maximum atomic E-state index is 5.35. The molecular formula is C9H9NO. The van der Waals surface area contributed by atoms with Crippen molar-refractivity contribution in [2.24, 2.45) is 4.99 Å². The number of rotatable bonds is 0. The Morgan fingerprint density at radius 2 is 2.18 bits per heavy atom. The molecule has 0 fully saturated rings. The summed E-state index contributed by atoms with van der Waals surface area (Å²) in [6.07, 6.45) is 10.9. The molecule has 0 N–H and O–H groups in total. The summed E-state index contributed by atoms with van der Waals surface area (Å²) in [5.41, 5.74) is 0.935. The van der Waals surface area contributed by atoms with Gasteiger partial charge in [0.05, 0.1) is 0 Å². The van der Waals surface area contributed by atoms with Gasteiger partial charge in [-0.2, -0.15) is 0 Å². The van der Waals surface area contributed by atoms with Crippen molar-refractivity contribution >= 4 is 6.21 Å². The van der Waals surface area contributed by atoms with Crippen LogP contribution in [0.15, 0.2) is 40.8 Å². The van der Waals surface area contributed by atoms with E-state index in [1.807, 2.05) is 12.2 Å². The molecule has 0 atom stereocenters. The summed E-state index contributed by atoms with van der Waals surface area (Å²) in [6, 6.07) is 0. The fourth-order valence-corrected chi connectivity index (χ4v) is 1.09. The second kappa shape index (κ2) is 2.74. The molecule has 2 rings (SSSR count). The number of hydrogen-bond acceptors (Lipinski definition) is 2. The fraction of sp³-hybridized carbons (Fsp3) is 0.222. The van der Waals surface area contributed by atoms with E-state index in [1.165, 1.54) is 0 Å². The zero-order chi connectivity index (χ0) is 7.52. The van der Waals surface area contributed by atoms with E-state index in [1.54, 1.807) is 6.21 Å². The fourth-order valence-electron chi connectivity index (χ4n) is 1.09. The zero-order valence-corrected chi connectivity index (χ0v) is 6.16. The molecular weight excluding hydrogens is 138 g/mol. The van der Waals surface area contributed by atoms with Gasteiger partial charge in [-0.1, -0.05) is 12.2 Å². The smallest absolute Gasteiger partial charge is 0.145 e. The lowest BCUT2D eigenvalue weighted by molar-refractivity contribution is 0.268.